The van der Waals surface area contributed by atoms with E-state index in [0.29, 0.717) is 16.3 Å². The summed E-state index contributed by atoms with van der Waals surface area (Å²) in [5, 5.41) is 4.38. The summed E-state index contributed by atoms with van der Waals surface area (Å²) in [6.45, 7) is 0. The largest absolute Gasteiger partial charge is 0.422 e. The van der Waals surface area contributed by atoms with Crippen molar-refractivity contribution >= 4 is 28.8 Å². The van der Waals surface area contributed by atoms with Crippen molar-refractivity contribution in [3.63, 3.8) is 0 Å². The number of halogens is 1. The third-order valence-corrected chi connectivity index (χ3v) is 2.53. The van der Waals surface area contributed by atoms with Gasteiger partial charge in [-0.05, 0) is 18.2 Å². The van der Waals surface area contributed by atoms with E-state index < -0.39 is 0 Å². The molecule has 0 aliphatic rings. The van der Waals surface area contributed by atoms with Crippen LogP contribution < -0.4 is 10.5 Å². The van der Waals surface area contributed by atoms with Crippen LogP contribution in [-0.2, 0) is 7.05 Å². The van der Waals surface area contributed by atoms with E-state index >= 15 is 0 Å². The van der Waals surface area contributed by atoms with Gasteiger partial charge >= 0.3 is 6.01 Å². The van der Waals surface area contributed by atoms with E-state index in [0.717, 1.165) is 0 Å². The molecule has 7 heteroatoms. The van der Waals surface area contributed by atoms with Crippen molar-refractivity contribution < 1.29 is 4.74 Å². The second kappa shape index (κ2) is 4.68. The predicted molar refractivity (Wildman–Crippen MR) is 68.4 cm³/mol. The lowest BCUT2D eigenvalue weighted by Gasteiger charge is -2.05. The molecule has 5 nitrogen and oxygen atoms in total. The molecule has 0 aliphatic carbocycles. The Kier molecular flexibility index (Phi) is 3.26. The Hall–Kier alpha value is -1.66. The minimum absolute atomic E-state index is 0.234. The number of nitrogens with zero attached hydrogens (tertiary/aromatic N) is 3. The maximum atomic E-state index is 6.03. The van der Waals surface area contributed by atoms with Crippen LogP contribution in [0.1, 0.15) is 5.56 Å². The molecule has 0 radical (unpaired) electrons. The average molecular weight is 269 g/mol. The third kappa shape index (κ3) is 2.72. The molecular weight excluding hydrogens is 260 g/mol. The summed E-state index contributed by atoms with van der Waals surface area (Å²) in [5.41, 5.74) is 6.18. The molecule has 1 heterocycles. The number of benzene rings is 1. The highest BCUT2D eigenvalue weighted by molar-refractivity contribution is 7.80. The topological polar surface area (TPSA) is 66.0 Å². The van der Waals surface area contributed by atoms with Crippen LogP contribution in [-0.4, -0.2) is 19.8 Å². The Morgan fingerprint density at radius 1 is 1.53 bits per heavy atom. The van der Waals surface area contributed by atoms with Gasteiger partial charge < -0.3 is 10.5 Å². The third-order valence-electron chi connectivity index (χ3n) is 2.00. The normalized spacial score (nSPS) is 10.2. The van der Waals surface area contributed by atoms with E-state index in [1.54, 1.807) is 25.2 Å². The first-order chi connectivity index (χ1) is 8.06. The summed E-state index contributed by atoms with van der Waals surface area (Å²) in [7, 11) is 1.75. The highest BCUT2D eigenvalue weighted by Gasteiger charge is 2.08. The minimum Gasteiger partial charge on any atom is -0.422 e. The van der Waals surface area contributed by atoms with Gasteiger partial charge in [-0.1, -0.05) is 23.8 Å². The smallest absolute Gasteiger partial charge is 0.341 e. The van der Waals surface area contributed by atoms with E-state index in [2.05, 4.69) is 10.1 Å². The molecule has 2 aromatic rings. The fourth-order valence-corrected chi connectivity index (χ4v) is 1.55. The molecule has 0 amide bonds. The lowest BCUT2D eigenvalue weighted by Crippen LogP contribution is -2.09. The predicted octanol–water partition coefficient (Wildman–Crippen LogP) is 1.89. The van der Waals surface area contributed by atoms with Gasteiger partial charge in [0.2, 0.25) is 0 Å². The quantitative estimate of drug-likeness (QED) is 0.861. The first kappa shape index (κ1) is 11.8. The van der Waals surface area contributed by atoms with E-state index in [1.165, 1.54) is 11.0 Å². The highest BCUT2D eigenvalue weighted by Crippen LogP contribution is 2.28. The number of thiocarbonyl (C=S) groups is 1. The van der Waals surface area contributed by atoms with E-state index in [9.17, 15) is 0 Å². The van der Waals surface area contributed by atoms with Crippen molar-refractivity contribution in [1.29, 1.82) is 0 Å². The van der Waals surface area contributed by atoms with Gasteiger partial charge in [0, 0.05) is 12.6 Å². The van der Waals surface area contributed by atoms with Crippen LogP contribution in [0.25, 0.3) is 0 Å². The van der Waals surface area contributed by atoms with Gasteiger partial charge in [0.25, 0.3) is 0 Å². The van der Waals surface area contributed by atoms with Crippen molar-refractivity contribution in [2.24, 2.45) is 12.8 Å². The number of hydrogen-bond acceptors (Lipinski definition) is 4. The van der Waals surface area contributed by atoms with E-state index in [-0.39, 0.29) is 11.0 Å². The van der Waals surface area contributed by atoms with E-state index in [4.69, 9.17) is 34.3 Å². The maximum absolute atomic E-state index is 6.03. The van der Waals surface area contributed by atoms with Crippen LogP contribution in [0.5, 0.6) is 11.8 Å². The zero-order chi connectivity index (χ0) is 12.4. The molecular formula is C10H9ClN4OS. The van der Waals surface area contributed by atoms with Crippen molar-refractivity contribution in [2.75, 3.05) is 0 Å². The Balaban J connectivity index is 2.25. The highest BCUT2D eigenvalue weighted by atomic mass is 35.5. The molecule has 1 aromatic carbocycles. The van der Waals surface area contributed by atoms with Gasteiger partial charge in [-0.2, -0.15) is 4.98 Å². The molecule has 17 heavy (non-hydrogen) atoms. The first-order valence-corrected chi connectivity index (χ1v) is 5.48. The molecule has 0 unspecified atom stereocenters. The molecule has 0 fully saturated rings. The van der Waals surface area contributed by atoms with Crippen LogP contribution >= 0.6 is 23.8 Å². The number of aryl methyl sites for hydroxylation is 1. The van der Waals surface area contributed by atoms with Gasteiger partial charge in [0.15, 0.2) is 0 Å². The van der Waals surface area contributed by atoms with Crippen molar-refractivity contribution in [1.82, 2.24) is 14.8 Å². The summed E-state index contributed by atoms with van der Waals surface area (Å²) in [6.07, 6.45) is 1.53. The Bertz CT molecular complexity index is 569. The molecule has 1 aromatic heterocycles. The second-order valence-corrected chi connectivity index (χ2v) is 4.16. The van der Waals surface area contributed by atoms with Crippen LogP contribution in [0.15, 0.2) is 24.5 Å². The summed E-state index contributed by atoms with van der Waals surface area (Å²) in [6, 6.07) is 5.28. The summed E-state index contributed by atoms with van der Waals surface area (Å²) >= 11 is 10.9. The fourth-order valence-electron chi connectivity index (χ4n) is 1.20. The summed E-state index contributed by atoms with van der Waals surface area (Å²) < 4.78 is 6.94. The number of hydrogen-bond donors (Lipinski definition) is 1. The number of nitrogens with two attached hydrogens (primary N) is 1. The van der Waals surface area contributed by atoms with Crippen LogP contribution in [0, 0.1) is 0 Å². The molecule has 0 aliphatic heterocycles. The molecule has 0 saturated heterocycles. The van der Waals surface area contributed by atoms with Gasteiger partial charge in [-0.15, -0.1) is 5.10 Å². The van der Waals surface area contributed by atoms with Gasteiger partial charge in [0.1, 0.15) is 17.1 Å². The maximum Gasteiger partial charge on any atom is 0.341 e. The number of aromatic nitrogens is 3. The molecule has 0 saturated carbocycles. The Morgan fingerprint density at radius 2 is 2.29 bits per heavy atom. The number of rotatable bonds is 3. The molecule has 2 N–H and O–H groups in total. The number of ether oxygens (including phenoxy) is 1. The zero-order valence-electron chi connectivity index (χ0n) is 8.92. The molecule has 0 spiro atoms. The average Bonchev–Trinajstić information content (AvgIpc) is 2.67. The SMILES string of the molecule is Cn1cnc(Oc2ccc(C(N)=S)cc2Cl)n1. The zero-order valence-corrected chi connectivity index (χ0v) is 10.5. The Morgan fingerprint density at radius 3 is 2.82 bits per heavy atom. The molecule has 2 rings (SSSR count). The van der Waals surface area contributed by atoms with Gasteiger partial charge in [-0.3, -0.25) is 4.68 Å². The van der Waals surface area contributed by atoms with Crippen LogP contribution in [0.4, 0.5) is 0 Å². The first-order valence-electron chi connectivity index (χ1n) is 4.69. The summed E-state index contributed by atoms with van der Waals surface area (Å²) in [5.74, 6) is 0.456. The monoisotopic (exact) mass is 268 g/mol. The lowest BCUT2D eigenvalue weighted by molar-refractivity contribution is 0.439. The molecule has 88 valence electrons. The fraction of sp³-hybridized carbons (Fsp3) is 0.100. The molecule has 0 atom stereocenters. The van der Waals surface area contributed by atoms with Crippen molar-refractivity contribution in [3.8, 4) is 11.8 Å². The van der Waals surface area contributed by atoms with Crippen LogP contribution in [0.2, 0.25) is 5.02 Å². The van der Waals surface area contributed by atoms with Gasteiger partial charge in [0.05, 0.1) is 5.02 Å². The summed E-state index contributed by atoms with van der Waals surface area (Å²) in [4.78, 5) is 4.22. The minimum atomic E-state index is 0.234. The van der Waals surface area contributed by atoms with Crippen molar-refractivity contribution in [2.45, 2.75) is 0 Å². The van der Waals surface area contributed by atoms with E-state index in [1.807, 2.05) is 0 Å². The van der Waals surface area contributed by atoms with Gasteiger partial charge in [-0.25, -0.2) is 0 Å². The Labute approximate surface area is 108 Å². The molecule has 0 bridgehead atoms. The lowest BCUT2D eigenvalue weighted by atomic mass is 10.2. The second-order valence-electron chi connectivity index (χ2n) is 3.31. The standard InChI is InChI=1S/C10H9ClN4OS/c1-15-5-13-10(14-15)16-8-3-2-6(9(12)17)4-7(8)11/h2-5H,1H3,(H2,12,17). The van der Waals surface area contributed by atoms with Crippen LogP contribution in [0.3, 0.4) is 0 Å². The van der Waals surface area contributed by atoms with Crippen molar-refractivity contribution in [3.05, 3.63) is 35.1 Å².